The molecule has 2 N–H and O–H groups in total. The second-order valence-corrected chi connectivity index (χ2v) is 8.39. The third kappa shape index (κ3) is 5.78. The Labute approximate surface area is 200 Å². The summed E-state index contributed by atoms with van der Waals surface area (Å²) in [7, 11) is 1.83. The molecular weight excluding hydrogens is 438 g/mol. The van der Waals surface area contributed by atoms with Gasteiger partial charge < -0.3 is 20.1 Å². The molecule has 33 heavy (non-hydrogen) atoms. The van der Waals surface area contributed by atoms with Crippen LogP contribution in [0.5, 0.6) is 0 Å². The van der Waals surface area contributed by atoms with Crippen molar-refractivity contribution in [1.82, 2.24) is 14.5 Å². The molecule has 3 aromatic rings. The van der Waals surface area contributed by atoms with E-state index >= 15 is 0 Å². The molecule has 7 nitrogen and oxygen atoms in total. The van der Waals surface area contributed by atoms with Gasteiger partial charge >= 0.3 is 5.69 Å². The topological polar surface area (TPSA) is 73.4 Å². The average Bonchev–Trinajstić information content (AvgIpc) is 3.17. The molecule has 1 aliphatic rings. The minimum absolute atomic E-state index is 0.0511. The van der Waals surface area contributed by atoms with Gasteiger partial charge in [0.2, 0.25) is 6.41 Å². The molecule has 0 aliphatic carbocycles. The number of hydrogen-bond acceptors (Lipinski definition) is 4. The smallest absolute Gasteiger partial charge is 0.326 e. The number of piperidine rings is 1. The number of aryl methyl sites for hydroxylation is 1. The zero-order valence-corrected chi connectivity index (χ0v) is 20.4. The lowest BCUT2D eigenvalue weighted by molar-refractivity contribution is -0.108. The maximum atomic E-state index is 12.2. The summed E-state index contributed by atoms with van der Waals surface area (Å²) < 4.78 is 1.82. The van der Waals surface area contributed by atoms with Crippen molar-refractivity contribution in [2.45, 2.75) is 45.7 Å². The number of nitrogens with one attached hydrogen (secondary N) is 2. The number of halogens is 1. The molecule has 1 saturated heterocycles. The van der Waals surface area contributed by atoms with Gasteiger partial charge in [-0.2, -0.15) is 0 Å². The molecule has 8 heteroatoms. The van der Waals surface area contributed by atoms with Crippen LogP contribution >= 0.6 is 11.6 Å². The van der Waals surface area contributed by atoms with E-state index in [1.807, 2.05) is 72.8 Å². The molecule has 2 aromatic carbocycles. The first kappa shape index (κ1) is 24.9. The van der Waals surface area contributed by atoms with Gasteiger partial charge in [-0.3, -0.25) is 9.36 Å². The number of para-hydroxylation sites is 2. The molecule has 0 spiro atoms. The van der Waals surface area contributed by atoms with Crippen molar-refractivity contribution >= 4 is 40.4 Å². The van der Waals surface area contributed by atoms with Crippen molar-refractivity contribution in [2.75, 3.05) is 36.9 Å². The summed E-state index contributed by atoms with van der Waals surface area (Å²) in [4.78, 5) is 31.3. The van der Waals surface area contributed by atoms with Crippen LogP contribution in [0.3, 0.4) is 0 Å². The quantitative estimate of drug-likeness (QED) is 0.472. The lowest BCUT2D eigenvalue weighted by Gasteiger charge is -2.37. The fraction of sp³-hybridized carbons (Fsp3) is 0.440. The summed E-state index contributed by atoms with van der Waals surface area (Å²) in [5, 5.41) is 3.77. The lowest BCUT2D eigenvalue weighted by Crippen LogP contribution is -2.45. The summed E-state index contributed by atoms with van der Waals surface area (Å²) in [5.41, 5.74) is 3.50. The highest BCUT2D eigenvalue weighted by Gasteiger charge is 2.26. The van der Waals surface area contributed by atoms with E-state index in [0.29, 0.717) is 11.6 Å². The number of likely N-dealkylation sites (tertiary alicyclic amines) is 1. The molecule has 1 aromatic heterocycles. The average molecular weight is 472 g/mol. The third-order valence-corrected chi connectivity index (χ3v) is 6.34. The van der Waals surface area contributed by atoms with Gasteiger partial charge in [-0.05, 0) is 56.1 Å². The molecule has 0 saturated carbocycles. The van der Waals surface area contributed by atoms with Crippen molar-refractivity contribution in [3.05, 3.63) is 58.0 Å². The number of aromatic nitrogens is 2. The second kappa shape index (κ2) is 11.9. The monoisotopic (exact) mass is 471 g/mol. The van der Waals surface area contributed by atoms with Crippen LogP contribution in [0.2, 0.25) is 5.02 Å². The number of hydrogen-bond donors (Lipinski definition) is 2. The number of aromatic amines is 1. The number of anilines is 2. The van der Waals surface area contributed by atoms with Gasteiger partial charge in [0.1, 0.15) is 0 Å². The summed E-state index contributed by atoms with van der Waals surface area (Å²) in [6.45, 7) is 7.49. The Morgan fingerprint density at radius 2 is 1.88 bits per heavy atom. The first-order valence-electron chi connectivity index (χ1n) is 11.7. The van der Waals surface area contributed by atoms with Crippen LogP contribution < -0.4 is 15.9 Å². The van der Waals surface area contributed by atoms with Crippen LogP contribution in [-0.2, 0) is 11.3 Å². The van der Waals surface area contributed by atoms with Crippen LogP contribution in [0.25, 0.3) is 11.0 Å². The second-order valence-electron chi connectivity index (χ2n) is 7.95. The van der Waals surface area contributed by atoms with Crippen molar-refractivity contribution in [2.24, 2.45) is 0 Å². The molecule has 0 unspecified atom stereocenters. The van der Waals surface area contributed by atoms with Gasteiger partial charge in [-0.1, -0.05) is 37.6 Å². The fourth-order valence-corrected chi connectivity index (χ4v) is 4.65. The fourth-order valence-electron chi connectivity index (χ4n) is 4.48. The van der Waals surface area contributed by atoms with E-state index in [2.05, 4.69) is 15.2 Å². The first-order valence-corrected chi connectivity index (χ1v) is 12.1. The zero-order valence-electron chi connectivity index (χ0n) is 19.7. The third-order valence-electron chi connectivity index (χ3n) is 6.11. The largest absolute Gasteiger partial charge is 0.386 e. The molecule has 178 valence electrons. The minimum atomic E-state index is -0.0511. The Morgan fingerprint density at radius 3 is 2.58 bits per heavy atom. The predicted octanol–water partition coefficient (Wildman–Crippen LogP) is 4.57. The Bertz CT molecular complexity index is 1100. The molecule has 1 fully saturated rings. The van der Waals surface area contributed by atoms with Gasteiger partial charge in [-0.15, -0.1) is 0 Å². The summed E-state index contributed by atoms with van der Waals surface area (Å²) in [5.74, 6) is 0. The Balaban J connectivity index is 0.00000149. The summed E-state index contributed by atoms with van der Waals surface area (Å²) in [6.07, 6.45) is 3.66. The molecule has 0 atom stereocenters. The van der Waals surface area contributed by atoms with E-state index in [0.717, 1.165) is 67.7 Å². The highest BCUT2D eigenvalue weighted by atomic mass is 35.5. The van der Waals surface area contributed by atoms with Crippen LogP contribution in [0, 0.1) is 0 Å². The number of benzene rings is 2. The van der Waals surface area contributed by atoms with Crippen molar-refractivity contribution < 1.29 is 4.79 Å². The van der Waals surface area contributed by atoms with Crippen LogP contribution in [0.15, 0.2) is 47.3 Å². The number of carbonyl (C=O) groups is 1. The first-order chi connectivity index (χ1) is 16.1. The van der Waals surface area contributed by atoms with E-state index in [1.165, 1.54) is 0 Å². The number of amides is 1. The molecule has 4 rings (SSSR count). The van der Waals surface area contributed by atoms with E-state index < -0.39 is 0 Å². The molecule has 1 aliphatic heterocycles. The minimum Gasteiger partial charge on any atom is -0.386 e. The van der Waals surface area contributed by atoms with Gasteiger partial charge in [0.05, 0.1) is 22.4 Å². The number of rotatable bonds is 8. The maximum absolute atomic E-state index is 12.2. The number of carbonyl (C=O) groups excluding carboxylic acids is 1. The van der Waals surface area contributed by atoms with Gasteiger partial charge in [0.25, 0.3) is 0 Å². The van der Waals surface area contributed by atoms with Crippen LogP contribution in [0.4, 0.5) is 11.4 Å². The van der Waals surface area contributed by atoms with Crippen molar-refractivity contribution in [3.63, 3.8) is 0 Å². The highest BCUT2D eigenvalue weighted by Crippen LogP contribution is 2.31. The normalized spacial score (nSPS) is 14.5. The lowest BCUT2D eigenvalue weighted by atomic mass is 10.0. The molecule has 0 bridgehead atoms. The molecular formula is C25H34ClN5O2. The number of imidazole rings is 1. The Hall–Kier alpha value is -2.77. The Morgan fingerprint density at radius 1 is 1.15 bits per heavy atom. The van der Waals surface area contributed by atoms with E-state index in [1.54, 1.807) is 0 Å². The molecule has 1 amide bonds. The van der Waals surface area contributed by atoms with Crippen LogP contribution in [-0.4, -0.2) is 53.6 Å². The zero-order chi connectivity index (χ0) is 23.8. The van der Waals surface area contributed by atoms with Crippen LogP contribution in [0.1, 0.15) is 33.1 Å². The van der Waals surface area contributed by atoms with Crippen molar-refractivity contribution in [1.29, 1.82) is 0 Å². The van der Waals surface area contributed by atoms with Crippen molar-refractivity contribution in [3.8, 4) is 0 Å². The summed E-state index contributed by atoms with van der Waals surface area (Å²) in [6, 6.07) is 13.5. The summed E-state index contributed by atoms with van der Waals surface area (Å²) >= 11 is 6.10. The number of H-pyrrole nitrogens is 1. The van der Waals surface area contributed by atoms with E-state index in [4.69, 9.17) is 11.6 Å². The number of fused-ring (bicyclic) bond motifs is 1. The van der Waals surface area contributed by atoms with Gasteiger partial charge in [-0.25, -0.2) is 4.79 Å². The van der Waals surface area contributed by atoms with E-state index in [-0.39, 0.29) is 11.7 Å². The molecule has 0 radical (unpaired) electrons. The van der Waals surface area contributed by atoms with Gasteiger partial charge in [0, 0.05) is 37.7 Å². The van der Waals surface area contributed by atoms with E-state index in [9.17, 15) is 9.59 Å². The highest BCUT2D eigenvalue weighted by molar-refractivity contribution is 6.31. The van der Waals surface area contributed by atoms with Gasteiger partial charge in [0.15, 0.2) is 0 Å². The maximum Gasteiger partial charge on any atom is 0.326 e. The standard InChI is InChI=1S/C23H28ClN5O2.C2H6/c1-25-20-15-17(24)7-8-22(20)29(16-30)18-9-13-27(14-10-18)11-4-12-28-21-6-3-2-5-19(21)26-23(28)31;1-2/h2-3,5-8,15-16,18,25H,4,9-14H2,1H3,(H,26,31);1-2H3. The number of nitrogens with zero attached hydrogens (tertiary/aromatic N) is 3. The SMILES string of the molecule is CC.CNc1cc(Cl)ccc1N(C=O)C1CCN(CCCn2c(=O)[nH]c3ccccc32)CC1. The predicted molar refractivity (Wildman–Crippen MR) is 138 cm³/mol. The molecule has 2 heterocycles. The Kier molecular flexibility index (Phi) is 8.97.